The number of unbranched alkanes of at least 4 members (excludes halogenated alkanes) is 4. The number of carbonyl (C=O) groups excluding carboxylic acids is 18. The number of hydrogen-bond acceptors (Lipinski definition) is 31. The number of carboxylic acid groups (broad SMARTS) is 2. The molecule has 0 unspecified atom stereocenters. The van der Waals surface area contributed by atoms with Crippen LogP contribution in [0.5, 0.6) is 0 Å². The lowest BCUT2D eigenvalue weighted by Gasteiger charge is -2.32. The summed E-state index contributed by atoms with van der Waals surface area (Å²) < 4.78 is 0. The molecule has 0 bridgehead atoms. The van der Waals surface area contributed by atoms with Crippen LogP contribution in [-0.2, 0) is 95.9 Å². The van der Waals surface area contributed by atoms with E-state index in [1.54, 1.807) is 27.7 Å². The van der Waals surface area contributed by atoms with Crippen LogP contribution in [0, 0.1) is 28.1 Å². The summed E-state index contributed by atoms with van der Waals surface area (Å²) in [4.78, 5) is 278. The Morgan fingerprint density at radius 1 is 0.347 bits per heavy atom. The Kier molecular flexibility index (Phi) is 60.8. The van der Waals surface area contributed by atoms with Crippen molar-refractivity contribution in [3.63, 3.8) is 0 Å². The Balaban J connectivity index is 2.41. The molecule has 17 atom stereocenters. The molecule has 0 aromatic heterocycles. The monoisotopic (exact) mass is 2050 g/mol. The summed E-state index contributed by atoms with van der Waals surface area (Å²) in [5, 5.41) is 118. The number of primary amides is 1. The van der Waals surface area contributed by atoms with Crippen LogP contribution in [0.25, 0.3) is 0 Å². The van der Waals surface area contributed by atoms with E-state index in [1.165, 1.54) is 9.80 Å². The summed E-state index contributed by atoms with van der Waals surface area (Å²) in [6.45, 7) is 4.80. The van der Waals surface area contributed by atoms with E-state index in [1.807, 2.05) is 0 Å². The highest BCUT2D eigenvalue weighted by Crippen LogP contribution is 2.24. The molecule has 2 aliphatic heterocycles. The van der Waals surface area contributed by atoms with Crippen LogP contribution in [0.4, 0.5) is 0 Å². The molecule has 816 valence electrons. The van der Waals surface area contributed by atoms with Crippen LogP contribution in [0.3, 0.4) is 0 Å². The standard InChI is InChI=1S/C87H158N32O25/c1-46(2)39-57(112-78(137)60(44-120)115-76(135)58(41-67(126)127)113-81(140)68(48(5)122)117-69(128)49(92)19-14-34-100-85(94)95)75(134)108-51(21-7-11-31-89)71(130)104-42-65(124)105-52(24-15-35-101-86(96)97)72(131)107-50(20-6-10-30-88)70(129)103-43-66(125)106-53(25-16-36-102-87(98)99)73(132)114-59(40-47(3)4)83(142)119-38-18-27-63(119)80(139)116-61(45-121)77(136)110-55(23-9-13-33-91)82(141)118-37-17-26-62(118)79(138)109-54(22-8-12-32-90)74(133)111-56(84(143)144)28-29-64(93)123/h46-63,68,120-122H,6-45,88-92H2,1-5H3,(H2,93,123)(H,103,129)(H,104,130)(H,105,124)(H,106,125)(H,107,131)(H,108,134)(H,109,138)(H,110,136)(H,111,133)(H,112,137)(H,113,140)(H,114,132)(H,115,135)(H,116,139)(H,117,128)(H,126,127)(H,143,144)(H4,94,95,100)(H4,96,97,101)(H4,98,99,102)/t48-,49+,50+,51+,52+,53+,54+,55+,56+,57+,58+,59+,60+,61+,62+,63+,68+/m1/s1. The third-order valence-electron chi connectivity index (χ3n) is 23.1. The highest BCUT2D eigenvalue weighted by molar-refractivity contribution is 6.02. The minimum absolute atomic E-state index is 0.00206. The second-order valence-corrected chi connectivity index (χ2v) is 36.2. The van der Waals surface area contributed by atoms with Crippen LogP contribution in [0.15, 0.2) is 0 Å². The second kappa shape index (κ2) is 69.0. The number of nitrogens with two attached hydrogens (primary N) is 9. The van der Waals surface area contributed by atoms with Gasteiger partial charge in [-0.3, -0.25) is 107 Å². The number of nitrogens with zero attached hydrogens (tertiary/aromatic N) is 2. The van der Waals surface area contributed by atoms with Gasteiger partial charge in [0, 0.05) is 39.1 Å². The number of aliphatic hydroxyl groups is 3. The van der Waals surface area contributed by atoms with Crippen LogP contribution in [0.2, 0.25) is 0 Å². The van der Waals surface area contributed by atoms with E-state index >= 15 is 0 Å². The molecule has 2 aliphatic rings. The van der Waals surface area contributed by atoms with Gasteiger partial charge >= 0.3 is 11.9 Å². The quantitative estimate of drug-likeness (QED) is 0.0153. The zero-order valence-electron chi connectivity index (χ0n) is 82.7. The maximum absolute atomic E-state index is 14.9. The minimum Gasteiger partial charge on any atom is -0.481 e. The fraction of sp³-hybridized carbons (Fsp3) is 0.736. The van der Waals surface area contributed by atoms with Crippen LogP contribution >= 0.6 is 0 Å². The smallest absolute Gasteiger partial charge is 0.326 e. The lowest BCUT2D eigenvalue weighted by Crippen LogP contribution is -2.61. The first kappa shape index (κ1) is 127. The summed E-state index contributed by atoms with van der Waals surface area (Å²) in [5.74, 6) is -22.4. The predicted octanol–water partition coefficient (Wildman–Crippen LogP) is -12.6. The van der Waals surface area contributed by atoms with Gasteiger partial charge in [-0.05, 0) is 205 Å². The van der Waals surface area contributed by atoms with Crippen molar-refractivity contribution in [2.75, 3.05) is 85.2 Å². The SMILES string of the molecule is CC(C)C[C@H](NC(=O)[C@H](CO)NC(=O)[C@H](CC(=O)O)NC(=O)[C@@H](NC(=O)[C@@H](N)CCCNC(=N)N)[C@@H](C)O)C(=O)N[C@@H](CCCCN)C(=O)NCC(=O)N[C@@H](CCCNC(=N)N)C(=O)N[C@@H](CCCCN)C(=O)NCC(=O)N[C@@H](CCCNC(=N)N)C(=O)N[C@@H](CC(C)C)C(=O)N1CCC[C@H]1C(=O)N[C@@H](CO)C(=O)N[C@@H](CCCCN)C(=O)N1CCC[C@H]1C(=O)N[C@@H](CCCCN)C(=O)N[C@@H](CCC(N)=O)C(=O)O. The van der Waals surface area contributed by atoms with Gasteiger partial charge < -0.3 is 183 Å². The second-order valence-electron chi connectivity index (χ2n) is 36.2. The van der Waals surface area contributed by atoms with Crippen molar-refractivity contribution in [2.24, 2.45) is 63.4 Å². The van der Waals surface area contributed by atoms with E-state index in [0.717, 1.165) is 6.92 Å². The molecule has 2 fully saturated rings. The third kappa shape index (κ3) is 49.3. The molecule has 57 heteroatoms. The molecule has 2 rings (SSSR count). The van der Waals surface area contributed by atoms with E-state index in [0.29, 0.717) is 38.5 Å². The molecule has 44 N–H and O–H groups in total. The van der Waals surface area contributed by atoms with Gasteiger partial charge in [0.1, 0.15) is 90.6 Å². The molecule has 0 saturated carbocycles. The first-order chi connectivity index (χ1) is 68.1. The number of aliphatic carboxylic acids is 2. The molecule has 2 heterocycles. The Hall–Kier alpha value is -13.1. The van der Waals surface area contributed by atoms with Crippen LogP contribution in [-0.4, -0.2) is 359 Å². The van der Waals surface area contributed by atoms with E-state index in [4.69, 9.17) is 67.8 Å². The number of amides is 18. The van der Waals surface area contributed by atoms with Gasteiger partial charge in [-0.1, -0.05) is 27.7 Å². The number of carboxylic acids is 2. The summed E-state index contributed by atoms with van der Waals surface area (Å²) in [7, 11) is 0. The number of likely N-dealkylation sites (tertiary alicyclic amines) is 2. The fourth-order valence-electron chi connectivity index (χ4n) is 15.5. The molecule has 0 aromatic rings. The molecule has 0 aliphatic carbocycles. The van der Waals surface area contributed by atoms with E-state index in [-0.39, 0.29) is 205 Å². The third-order valence-corrected chi connectivity index (χ3v) is 23.1. The topological polar surface area (TPSA) is 971 Å². The largest absolute Gasteiger partial charge is 0.481 e. The maximum atomic E-state index is 14.9. The first-order valence-electron chi connectivity index (χ1n) is 48.6. The van der Waals surface area contributed by atoms with Crippen molar-refractivity contribution in [3.05, 3.63) is 0 Å². The molecule has 144 heavy (non-hydrogen) atoms. The number of guanidine groups is 3. The zero-order valence-corrected chi connectivity index (χ0v) is 82.7. The van der Waals surface area contributed by atoms with Crippen LogP contribution < -0.4 is 147 Å². The molecule has 0 spiro atoms. The lowest BCUT2D eigenvalue weighted by molar-refractivity contribution is -0.144. The molecule has 2 saturated heterocycles. The molecular formula is C87H158N32O25. The van der Waals surface area contributed by atoms with Gasteiger partial charge in [-0.15, -0.1) is 0 Å². The molecule has 57 nitrogen and oxygen atoms in total. The highest BCUT2D eigenvalue weighted by atomic mass is 16.4. The number of rotatable bonds is 73. The van der Waals surface area contributed by atoms with Gasteiger partial charge in [0.05, 0.1) is 44.9 Å². The van der Waals surface area contributed by atoms with Crippen LogP contribution in [0.1, 0.15) is 208 Å². The van der Waals surface area contributed by atoms with E-state index < -0.39 is 266 Å². The van der Waals surface area contributed by atoms with Crippen molar-refractivity contribution in [2.45, 2.75) is 311 Å². The first-order valence-corrected chi connectivity index (χ1v) is 48.6. The summed E-state index contributed by atoms with van der Waals surface area (Å²) in [5.41, 5.74) is 50.6. The van der Waals surface area contributed by atoms with Gasteiger partial charge in [0.25, 0.3) is 0 Å². The van der Waals surface area contributed by atoms with Crippen molar-refractivity contribution in [3.8, 4) is 0 Å². The minimum atomic E-state index is -2.02. The number of carbonyl (C=O) groups is 20. The van der Waals surface area contributed by atoms with Crippen molar-refractivity contribution < 1.29 is 121 Å². The molecule has 0 aromatic carbocycles. The van der Waals surface area contributed by atoms with Gasteiger partial charge in [0.2, 0.25) is 106 Å². The molecule has 0 radical (unpaired) electrons. The maximum Gasteiger partial charge on any atom is 0.326 e. The lowest BCUT2D eigenvalue weighted by atomic mass is 10.0. The summed E-state index contributed by atoms with van der Waals surface area (Å²) in [6.07, 6.45) is -0.832. The average Bonchev–Trinajstić information content (AvgIpc) is 1.68. The molecular weight excluding hydrogens is 1890 g/mol. The van der Waals surface area contributed by atoms with Crippen molar-refractivity contribution >= 4 is 136 Å². The van der Waals surface area contributed by atoms with Crippen molar-refractivity contribution in [1.29, 1.82) is 16.2 Å². The Bertz CT molecular complexity index is 4250. The van der Waals surface area contributed by atoms with Gasteiger partial charge in [0.15, 0.2) is 17.9 Å². The Labute approximate surface area is 835 Å². The van der Waals surface area contributed by atoms with Gasteiger partial charge in [-0.25, -0.2) is 4.79 Å². The fourth-order valence-corrected chi connectivity index (χ4v) is 15.5. The number of nitrogens with one attached hydrogen (secondary N) is 21. The highest BCUT2D eigenvalue weighted by Gasteiger charge is 2.44. The van der Waals surface area contributed by atoms with Gasteiger partial charge in [-0.2, -0.15) is 0 Å². The predicted molar refractivity (Wildman–Crippen MR) is 521 cm³/mol. The molecule has 18 amide bonds. The Morgan fingerprint density at radius 3 is 1.06 bits per heavy atom. The summed E-state index contributed by atoms with van der Waals surface area (Å²) in [6, 6.07) is -24.3. The Morgan fingerprint density at radius 2 is 0.667 bits per heavy atom. The van der Waals surface area contributed by atoms with Crippen molar-refractivity contribution in [1.82, 2.24) is 106 Å². The number of hydrogen-bond donors (Lipinski definition) is 35. The zero-order chi connectivity index (χ0) is 108. The summed E-state index contributed by atoms with van der Waals surface area (Å²) >= 11 is 0. The van der Waals surface area contributed by atoms with E-state index in [2.05, 4.69) is 95.7 Å². The van der Waals surface area contributed by atoms with E-state index in [9.17, 15) is 121 Å². The average molecular weight is 2050 g/mol. The normalized spacial score (nSPS) is 16.4. The number of aliphatic hydroxyl groups excluding tert-OH is 3.